The lowest BCUT2D eigenvalue weighted by atomic mass is 10.2. The van der Waals surface area contributed by atoms with Crippen LogP contribution in [0.4, 0.5) is 0 Å². The van der Waals surface area contributed by atoms with E-state index in [0.717, 1.165) is 15.2 Å². The number of hydrogen-bond acceptors (Lipinski definition) is 7. The zero-order valence-electron chi connectivity index (χ0n) is 15.2. The summed E-state index contributed by atoms with van der Waals surface area (Å²) in [5.41, 5.74) is 1.23. The molecule has 7 nitrogen and oxygen atoms in total. The molecule has 0 aliphatic rings. The Kier molecular flexibility index (Phi) is 6.33. The Labute approximate surface area is 165 Å². The van der Waals surface area contributed by atoms with Gasteiger partial charge in [-0.1, -0.05) is 24.3 Å². The molecule has 144 valence electrons. The lowest BCUT2D eigenvalue weighted by molar-refractivity contribution is -0.153. The van der Waals surface area contributed by atoms with Crippen LogP contribution in [0.15, 0.2) is 48.5 Å². The number of amides is 1. The Morgan fingerprint density at radius 3 is 2.64 bits per heavy atom. The Morgan fingerprint density at radius 2 is 1.86 bits per heavy atom. The minimum atomic E-state index is -0.692. The number of thiazole rings is 1. The normalized spacial score (nSPS) is 10.5. The number of benzene rings is 2. The van der Waals surface area contributed by atoms with E-state index in [2.05, 4.69) is 4.98 Å². The summed E-state index contributed by atoms with van der Waals surface area (Å²) in [6.07, 6.45) is 0.640. The van der Waals surface area contributed by atoms with E-state index >= 15 is 0 Å². The number of rotatable bonds is 8. The van der Waals surface area contributed by atoms with Crippen LogP contribution < -0.4 is 4.74 Å². The highest BCUT2D eigenvalue weighted by atomic mass is 32.1. The zero-order valence-corrected chi connectivity index (χ0v) is 16.0. The fourth-order valence-electron chi connectivity index (χ4n) is 2.42. The standard InChI is InChI=1S/C20H18N2O5S/c1-22(10-18-21-15-7-3-5-9-17(15)28-18)19(24)12-27-20(25)13-26-16-8-4-2-6-14(16)11-23/h2-9,11H,10,12-13H2,1H3. The maximum Gasteiger partial charge on any atom is 0.344 e. The second kappa shape index (κ2) is 9.09. The van der Waals surface area contributed by atoms with Crippen molar-refractivity contribution in [2.45, 2.75) is 6.54 Å². The number of aromatic nitrogens is 1. The third-order valence-electron chi connectivity index (χ3n) is 3.88. The first-order chi connectivity index (χ1) is 13.6. The predicted octanol–water partition coefficient (Wildman–Crippen LogP) is 2.69. The van der Waals surface area contributed by atoms with Crippen LogP contribution in [0.5, 0.6) is 5.75 Å². The number of hydrogen-bond donors (Lipinski definition) is 0. The molecule has 3 rings (SSSR count). The number of ether oxygens (including phenoxy) is 2. The number of fused-ring (bicyclic) bond motifs is 1. The molecule has 2 aromatic carbocycles. The molecule has 0 aliphatic carbocycles. The number of carbonyl (C=O) groups excluding carboxylic acids is 3. The van der Waals surface area contributed by atoms with Gasteiger partial charge in [-0.15, -0.1) is 11.3 Å². The van der Waals surface area contributed by atoms with Gasteiger partial charge in [-0.25, -0.2) is 9.78 Å². The molecule has 0 N–H and O–H groups in total. The van der Waals surface area contributed by atoms with Gasteiger partial charge in [0.15, 0.2) is 19.5 Å². The second-order valence-corrected chi connectivity index (χ2v) is 7.05. The molecule has 1 amide bonds. The fraction of sp³-hybridized carbons (Fsp3) is 0.200. The van der Waals surface area contributed by atoms with Crippen molar-refractivity contribution < 1.29 is 23.9 Å². The Hall–Kier alpha value is -3.26. The lowest BCUT2D eigenvalue weighted by Gasteiger charge is -2.15. The van der Waals surface area contributed by atoms with E-state index in [1.807, 2.05) is 24.3 Å². The lowest BCUT2D eigenvalue weighted by Crippen LogP contribution is -2.31. The summed E-state index contributed by atoms with van der Waals surface area (Å²) in [5.74, 6) is -0.753. The Balaban J connectivity index is 1.46. The van der Waals surface area contributed by atoms with Crippen LogP contribution in [0.2, 0.25) is 0 Å². The number of esters is 1. The van der Waals surface area contributed by atoms with Gasteiger partial charge < -0.3 is 14.4 Å². The molecule has 28 heavy (non-hydrogen) atoms. The van der Waals surface area contributed by atoms with Crippen molar-refractivity contribution in [3.8, 4) is 5.75 Å². The topological polar surface area (TPSA) is 85.8 Å². The Morgan fingerprint density at radius 1 is 1.11 bits per heavy atom. The second-order valence-electron chi connectivity index (χ2n) is 5.93. The summed E-state index contributed by atoms with van der Waals surface area (Å²) in [7, 11) is 1.62. The molecule has 3 aromatic rings. The highest BCUT2D eigenvalue weighted by Crippen LogP contribution is 2.22. The highest BCUT2D eigenvalue weighted by Gasteiger charge is 2.15. The maximum atomic E-state index is 12.2. The number of carbonyl (C=O) groups is 3. The smallest absolute Gasteiger partial charge is 0.344 e. The molecule has 0 aliphatic heterocycles. The van der Waals surface area contributed by atoms with E-state index in [9.17, 15) is 14.4 Å². The molecular formula is C20H18N2O5S. The van der Waals surface area contributed by atoms with Crippen LogP contribution in [-0.4, -0.2) is 48.3 Å². The van der Waals surface area contributed by atoms with Crippen LogP contribution >= 0.6 is 11.3 Å². The number of likely N-dealkylation sites (N-methyl/N-ethyl adjacent to an activating group) is 1. The largest absolute Gasteiger partial charge is 0.481 e. The van der Waals surface area contributed by atoms with Crippen LogP contribution in [0.1, 0.15) is 15.4 Å². The van der Waals surface area contributed by atoms with Crippen molar-refractivity contribution >= 4 is 39.7 Å². The molecule has 0 saturated carbocycles. The summed E-state index contributed by atoms with van der Waals surface area (Å²) < 4.78 is 11.3. The van der Waals surface area contributed by atoms with Crippen LogP contribution in [-0.2, 0) is 20.9 Å². The molecular weight excluding hydrogens is 380 g/mol. The van der Waals surface area contributed by atoms with Crippen molar-refractivity contribution in [2.75, 3.05) is 20.3 Å². The first-order valence-electron chi connectivity index (χ1n) is 8.48. The quantitative estimate of drug-likeness (QED) is 0.428. The molecule has 1 heterocycles. The van der Waals surface area contributed by atoms with E-state index in [1.54, 1.807) is 31.3 Å². The summed E-state index contributed by atoms with van der Waals surface area (Å²) in [4.78, 5) is 40.8. The van der Waals surface area contributed by atoms with Crippen LogP contribution in [0.3, 0.4) is 0 Å². The molecule has 0 radical (unpaired) electrons. The average molecular weight is 398 g/mol. The van der Waals surface area contributed by atoms with E-state index in [-0.39, 0.29) is 24.9 Å². The van der Waals surface area contributed by atoms with Gasteiger partial charge in [0.2, 0.25) is 0 Å². The van der Waals surface area contributed by atoms with Crippen molar-refractivity contribution in [1.82, 2.24) is 9.88 Å². The summed E-state index contributed by atoms with van der Waals surface area (Å²) in [5, 5.41) is 0.803. The van der Waals surface area contributed by atoms with E-state index in [1.165, 1.54) is 16.2 Å². The van der Waals surface area contributed by atoms with Gasteiger partial charge in [0.1, 0.15) is 10.8 Å². The van der Waals surface area contributed by atoms with E-state index in [0.29, 0.717) is 18.4 Å². The van der Waals surface area contributed by atoms with Gasteiger partial charge in [-0.2, -0.15) is 0 Å². The average Bonchev–Trinajstić information content (AvgIpc) is 3.12. The first-order valence-corrected chi connectivity index (χ1v) is 9.29. The summed E-state index contributed by atoms with van der Waals surface area (Å²) in [6, 6.07) is 14.3. The van der Waals surface area contributed by atoms with Crippen LogP contribution in [0, 0.1) is 0 Å². The molecule has 8 heteroatoms. The highest BCUT2D eigenvalue weighted by molar-refractivity contribution is 7.18. The van der Waals surface area contributed by atoms with E-state index in [4.69, 9.17) is 9.47 Å². The maximum absolute atomic E-state index is 12.2. The van der Waals surface area contributed by atoms with Gasteiger partial charge >= 0.3 is 5.97 Å². The van der Waals surface area contributed by atoms with Crippen LogP contribution in [0.25, 0.3) is 10.2 Å². The monoisotopic (exact) mass is 398 g/mol. The van der Waals surface area contributed by atoms with Crippen molar-refractivity contribution in [2.24, 2.45) is 0 Å². The van der Waals surface area contributed by atoms with Gasteiger partial charge in [-0.3, -0.25) is 9.59 Å². The zero-order chi connectivity index (χ0) is 19.9. The van der Waals surface area contributed by atoms with E-state index < -0.39 is 5.97 Å². The summed E-state index contributed by atoms with van der Waals surface area (Å²) >= 11 is 1.52. The minimum absolute atomic E-state index is 0.286. The minimum Gasteiger partial charge on any atom is -0.481 e. The van der Waals surface area contributed by atoms with Crippen molar-refractivity contribution in [3.05, 3.63) is 59.1 Å². The van der Waals surface area contributed by atoms with Gasteiger partial charge in [0.05, 0.1) is 22.3 Å². The third-order valence-corrected chi connectivity index (χ3v) is 4.91. The predicted molar refractivity (Wildman–Crippen MR) is 104 cm³/mol. The molecule has 0 bridgehead atoms. The van der Waals surface area contributed by atoms with Crippen molar-refractivity contribution in [3.63, 3.8) is 0 Å². The molecule has 1 aromatic heterocycles. The third kappa shape index (κ3) is 4.92. The molecule has 0 unspecified atom stereocenters. The van der Waals surface area contributed by atoms with Crippen molar-refractivity contribution in [1.29, 1.82) is 0 Å². The SMILES string of the molecule is CN(Cc1nc2ccccc2s1)C(=O)COC(=O)COc1ccccc1C=O. The van der Waals surface area contributed by atoms with Gasteiger partial charge in [0, 0.05) is 7.05 Å². The van der Waals surface area contributed by atoms with Gasteiger partial charge in [0.25, 0.3) is 5.91 Å². The number of para-hydroxylation sites is 2. The molecule has 0 spiro atoms. The number of nitrogens with zero attached hydrogens (tertiary/aromatic N) is 2. The molecule has 0 atom stereocenters. The first kappa shape index (κ1) is 19.5. The Bertz CT molecular complexity index is 968. The number of aldehydes is 1. The molecule has 0 saturated heterocycles. The van der Waals surface area contributed by atoms with Gasteiger partial charge in [-0.05, 0) is 24.3 Å². The fourth-order valence-corrected chi connectivity index (χ4v) is 3.44. The molecule has 0 fully saturated rings. The summed E-state index contributed by atoms with van der Waals surface area (Å²) in [6.45, 7) is -0.447.